The van der Waals surface area contributed by atoms with Gasteiger partial charge in [0.15, 0.2) is 0 Å². The molecule has 0 fully saturated rings. The number of pyridine rings is 1. The van der Waals surface area contributed by atoms with Gasteiger partial charge in [-0.25, -0.2) is 13.4 Å². The van der Waals surface area contributed by atoms with Crippen LogP contribution in [0.15, 0.2) is 23.2 Å². The highest BCUT2D eigenvalue weighted by Gasteiger charge is 2.24. The maximum atomic E-state index is 12.4. The lowest BCUT2D eigenvalue weighted by Gasteiger charge is -2.20. The topological polar surface area (TPSA) is 107 Å². The molecule has 0 spiro atoms. The Morgan fingerprint density at radius 2 is 2.10 bits per heavy atom. The van der Waals surface area contributed by atoms with Crippen molar-refractivity contribution in [1.82, 2.24) is 9.29 Å². The van der Waals surface area contributed by atoms with Gasteiger partial charge in [-0.1, -0.05) is 0 Å². The molecule has 1 aromatic heterocycles. The molecule has 7 nitrogen and oxygen atoms in total. The van der Waals surface area contributed by atoms with Crippen LogP contribution in [0.1, 0.15) is 12.1 Å². The minimum absolute atomic E-state index is 0.00876. The van der Waals surface area contributed by atoms with Crippen LogP contribution in [0.4, 0.5) is 0 Å². The number of sulfonamides is 1. The predicted octanol–water partition coefficient (Wildman–Crippen LogP) is 0.504. The molecule has 0 bridgehead atoms. The van der Waals surface area contributed by atoms with Gasteiger partial charge in [0.05, 0.1) is 12.7 Å². The summed E-state index contributed by atoms with van der Waals surface area (Å²) in [5.74, 6) is 0. The van der Waals surface area contributed by atoms with Crippen molar-refractivity contribution in [2.45, 2.75) is 11.3 Å². The van der Waals surface area contributed by atoms with E-state index < -0.39 is 10.0 Å². The van der Waals surface area contributed by atoms with Gasteiger partial charge in [-0.2, -0.15) is 14.8 Å². The van der Waals surface area contributed by atoms with Crippen LogP contribution in [0, 0.1) is 22.7 Å². The average molecular weight is 294 g/mol. The van der Waals surface area contributed by atoms with Gasteiger partial charge in [-0.3, -0.25) is 0 Å². The molecule has 106 valence electrons. The molecule has 0 unspecified atom stereocenters. The molecule has 0 aliphatic heterocycles. The molecule has 0 aliphatic carbocycles. The van der Waals surface area contributed by atoms with Crippen LogP contribution in [-0.2, 0) is 14.8 Å². The number of methoxy groups -OCH3 is 1. The Hall–Kier alpha value is -2.00. The first-order chi connectivity index (χ1) is 9.56. The Labute approximate surface area is 118 Å². The first-order valence-corrected chi connectivity index (χ1v) is 7.22. The Morgan fingerprint density at radius 1 is 1.35 bits per heavy atom. The van der Waals surface area contributed by atoms with E-state index in [1.54, 1.807) is 0 Å². The van der Waals surface area contributed by atoms with Crippen LogP contribution in [0.3, 0.4) is 0 Å². The Balaban J connectivity index is 3.01. The van der Waals surface area contributed by atoms with Crippen molar-refractivity contribution in [2.24, 2.45) is 0 Å². The van der Waals surface area contributed by atoms with Crippen LogP contribution in [0.5, 0.6) is 0 Å². The van der Waals surface area contributed by atoms with Gasteiger partial charge in [-0.05, 0) is 12.1 Å². The molecular formula is C12H14N4O3S. The van der Waals surface area contributed by atoms with Crippen molar-refractivity contribution in [1.29, 1.82) is 10.5 Å². The Kier molecular flexibility index (Phi) is 6.07. The fourth-order valence-electron chi connectivity index (χ4n) is 1.47. The van der Waals surface area contributed by atoms with Crippen LogP contribution in [-0.4, -0.2) is 44.5 Å². The van der Waals surface area contributed by atoms with Crippen molar-refractivity contribution < 1.29 is 13.2 Å². The first-order valence-electron chi connectivity index (χ1n) is 5.78. The van der Waals surface area contributed by atoms with E-state index in [9.17, 15) is 8.42 Å². The van der Waals surface area contributed by atoms with E-state index >= 15 is 0 Å². The first kappa shape index (κ1) is 16.1. The summed E-state index contributed by atoms with van der Waals surface area (Å²) in [6, 6.07) is 6.40. The summed E-state index contributed by atoms with van der Waals surface area (Å²) in [6.45, 7) is 0.469. The van der Waals surface area contributed by atoms with E-state index in [1.807, 2.05) is 12.1 Å². The number of nitriles is 2. The molecule has 0 atom stereocenters. The molecule has 8 heteroatoms. The highest BCUT2D eigenvalue weighted by molar-refractivity contribution is 7.89. The quantitative estimate of drug-likeness (QED) is 0.725. The van der Waals surface area contributed by atoms with Crippen molar-refractivity contribution in [3.05, 3.63) is 24.0 Å². The molecule has 0 aromatic carbocycles. The van der Waals surface area contributed by atoms with Crippen molar-refractivity contribution in [2.75, 3.05) is 26.8 Å². The summed E-state index contributed by atoms with van der Waals surface area (Å²) < 4.78 is 30.8. The third-order valence-electron chi connectivity index (χ3n) is 2.51. The molecule has 1 heterocycles. The second-order valence-electron chi connectivity index (χ2n) is 3.80. The number of ether oxygens (including phenoxy) is 1. The molecule has 0 saturated heterocycles. The smallest absolute Gasteiger partial charge is 0.244 e. The van der Waals surface area contributed by atoms with Crippen molar-refractivity contribution in [3.63, 3.8) is 0 Å². The molecule has 0 saturated carbocycles. The van der Waals surface area contributed by atoms with E-state index in [0.717, 1.165) is 6.20 Å². The normalized spacial score (nSPS) is 11.0. The molecule has 0 amide bonds. The van der Waals surface area contributed by atoms with Crippen molar-refractivity contribution >= 4 is 10.0 Å². The maximum Gasteiger partial charge on any atom is 0.244 e. The summed E-state index contributed by atoms with van der Waals surface area (Å²) >= 11 is 0. The van der Waals surface area contributed by atoms with Gasteiger partial charge in [0, 0.05) is 32.8 Å². The number of hydrogen-bond acceptors (Lipinski definition) is 6. The third kappa shape index (κ3) is 4.00. The average Bonchev–Trinajstić information content (AvgIpc) is 2.47. The zero-order valence-corrected chi connectivity index (χ0v) is 11.8. The van der Waals surface area contributed by atoms with Crippen LogP contribution in [0.2, 0.25) is 0 Å². The lowest BCUT2D eigenvalue weighted by Crippen LogP contribution is -2.34. The summed E-state index contributed by atoms with van der Waals surface area (Å²) in [5, 5.41) is 17.2. The second-order valence-corrected chi connectivity index (χ2v) is 5.73. The van der Waals surface area contributed by atoms with Crippen LogP contribution in [0.25, 0.3) is 0 Å². The zero-order valence-electron chi connectivity index (χ0n) is 11.0. The largest absolute Gasteiger partial charge is 0.383 e. The molecule has 1 aromatic rings. The van der Waals surface area contributed by atoms with Gasteiger partial charge < -0.3 is 4.74 Å². The Morgan fingerprint density at radius 3 is 2.60 bits per heavy atom. The third-order valence-corrected chi connectivity index (χ3v) is 4.39. The van der Waals surface area contributed by atoms with Gasteiger partial charge in [-0.15, -0.1) is 0 Å². The van der Waals surface area contributed by atoms with Gasteiger partial charge in [0.2, 0.25) is 10.0 Å². The molecule has 0 radical (unpaired) electrons. The standard InChI is InChI=1S/C12H14N4O3S/c1-19-8-7-16(6-2-5-13)20(17,18)12-4-3-11(9-14)15-10-12/h3-4,10H,2,6-8H2,1H3. The summed E-state index contributed by atoms with van der Waals surface area (Å²) in [5.41, 5.74) is 0.143. The lowest BCUT2D eigenvalue weighted by atomic mass is 10.4. The lowest BCUT2D eigenvalue weighted by molar-refractivity contribution is 0.179. The summed E-state index contributed by atoms with van der Waals surface area (Å²) in [6.07, 6.45) is 1.23. The highest BCUT2D eigenvalue weighted by Crippen LogP contribution is 2.15. The number of hydrogen-bond donors (Lipinski definition) is 0. The number of aromatic nitrogens is 1. The molecule has 0 N–H and O–H groups in total. The number of rotatable bonds is 7. The SMILES string of the molecule is COCCN(CCC#N)S(=O)(=O)c1ccc(C#N)nc1. The van der Waals surface area contributed by atoms with Crippen molar-refractivity contribution in [3.8, 4) is 12.1 Å². The zero-order chi connectivity index (χ0) is 15.0. The minimum Gasteiger partial charge on any atom is -0.383 e. The second kappa shape index (κ2) is 7.56. The molecule has 0 aliphatic rings. The fourth-order valence-corrected chi connectivity index (χ4v) is 2.84. The predicted molar refractivity (Wildman–Crippen MR) is 69.8 cm³/mol. The van der Waals surface area contributed by atoms with Crippen LogP contribution < -0.4 is 0 Å². The Bertz CT molecular complexity index is 614. The fraction of sp³-hybridized carbons (Fsp3) is 0.417. The van der Waals surface area contributed by atoms with E-state index in [-0.39, 0.29) is 36.7 Å². The molecular weight excluding hydrogens is 280 g/mol. The van der Waals surface area contributed by atoms with E-state index in [2.05, 4.69) is 4.98 Å². The summed E-state index contributed by atoms with van der Waals surface area (Å²) in [7, 11) is -2.27. The van der Waals surface area contributed by atoms with E-state index in [4.69, 9.17) is 15.3 Å². The van der Waals surface area contributed by atoms with Gasteiger partial charge in [0.1, 0.15) is 16.7 Å². The van der Waals surface area contributed by atoms with Gasteiger partial charge >= 0.3 is 0 Å². The van der Waals surface area contributed by atoms with Crippen LogP contribution >= 0.6 is 0 Å². The summed E-state index contributed by atoms with van der Waals surface area (Å²) in [4.78, 5) is 3.73. The monoisotopic (exact) mass is 294 g/mol. The van der Waals surface area contributed by atoms with E-state index in [1.165, 1.54) is 23.5 Å². The highest BCUT2D eigenvalue weighted by atomic mass is 32.2. The van der Waals surface area contributed by atoms with Gasteiger partial charge in [0.25, 0.3) is 0 Å². The molecule has 1 rings (SSSR count). The number of nitrogens with zero attached hydrogens (tertiary/aromatic N) is 4. The maximum absolute atomic E-state index is 12.4. The van der Waals surface area contributed by atoms with E-state index in [0.29, 0.717) is 0 Å². The molecule has 20 heavy (non-hydrogen) atoms. The minimum atomic E-state index is -3.74.